The first-order chi connectivity index (χ1) is 16.0. The van der Waals surface area contributed by atoms with E-state index in [0.29, 0.717) is 26.3 Å². The predicted molar refractivity (Wildman–Crippen MR) is 130 cm³/mol. The van der Waals surface area contributed by atoms with Crippen molar-refractivity contribution in [3.05, 3.63) is 58.7 Å². The fraction of sp³-hybridized carbons (Fsp3) is 0.556. The van der Waals surface area contributed by atoms with Gasteiger partial charge in [0.15, 0.2) is 0 Å². The second-order valence-corrected chi connectivity index (χ2v) is 9.59. The lowest BCUT2D eigenvalue weighted by atomic mass is 9.76. The Morgan fingerprint density at radius 3 is 1.58 bits per heavy atom. The fourth-order valence-electron chi connectivity index (χ4n) is 4.05. The predicted octanol–water partition coefficient (Wildman–Crippen LogP) is 3.35. The molecule has 2 aliphatic rings. The summed E-state index contributed by atoms with van der Waals surface area (Å²) in [6.45, 7) is 8.68. The van der Waals surface area contributed by atoms with Gasteiger partial charge in [0.2, 0.25) is 0 Å². The first-order valence-electron chi connectivity index (χ1n) is 12.2. The van der Waals surface area contributed by atoms with Crippen LogP contribution in [0.3, 0.4) is 0 Å². The van der Waals surface area contributed by atoms with E-state index < -0.39 is 0 Å². The number of aryl methyl sites for hydroxylation is 2. The maximum Gasteiger partial charge on any atom is 0.122 e. The summed E-state index contributed by atoms with van der Waals surface area (Å²) in [5.41, 5.74) is 16.4. The molecule has 0 saturated carbocycles. The van der Waals surface area contributed by atoms with Gasteiger partial charge < -0.3 is 30.4 Å². The molecule has 0 radical (unpaired) electrons. The van der Waals surface area contributed by atoms with Crippen LogP contribution in [0.5, 0.6) is 11.5 Å². The Balaban J connectivity index is 1.58. The molecular formula is C27H38N2O4. The third-order valence-corrected chi connectivity index (χ3v) is 6.52. The van der Waals surface area contributed by atoms with E-state index in [-0.39, 0.29) is 17.6 Å². The summed E-state index contributed by atoms with van der Waals surface area (Å²) in [5, 5.41) is 0. The molecule has 2 unspecified atom stereocenters. The van der Waals surface area contributed by atoms with Gasteiger partial charge in [-0.15, -0.1) is 0 Å². The van der Waals surface area contributed by atoms with Gasteiger partial charge in [-0.25, -0.2) is 0 Å². The molecule has 2 fully saturated rings. The minimum Gasteiger partial charge on any atom is -0.491 e. The Labute approximate surface area is 197 Å². The molecule has 0 bridgehead atoms. The highest BCUT2D eigenvalue weighted by molar-refractivity contribution is 5.48. The molecule has 6 heteroatoms. The third kappa shape index (κ3) is 6.48. The van der Waals surface area contributed by atoms with Gasteiger partial charge in [-0.1, -0.05) is 38.1 Å². The highest BCUT2D eigenvalue weighted by atomic mass is 16.6. The van der Waals surface area contributed by atoms with Crippen molar-refractivity contribution in [3.63, 3.8) is 0 Å². The summed E-state index contributed by atoms with van der Waals surface area (Å²) in [6.07, 6.45) is 4.14. The monoisotopic (exact) mass is 454 g/mol. The number of nitrogens with two attached hydrogens (primary N) is 2. The summed E-state index contributed by atoms with van der Waals surface area (Å²) in [5.74, 6) is 1.88. The molecule has 0 aliphatic carbocycles. The first kappa shape index (κ1) is 24.0. The van der Waals surface area contributed by atoms with Gasteiger partial charge >= 0.3 is 0 Å². The molecule has 2 aromatic rings. The number of ether oxygens (including phenoxy) is 4. The quantitative estimate of drug-likeness (QED) is 0.425. The Bertz CT molecular complexity index is 849. The normalized spacial score (nSPS) is 19.4. The number of benzene rings is 2. The SMILES string of the molecule is CC(C)(c1ccc(OCC2CO2)c(CCCN)c1)c1ccc(OCC2CO2)c(CCCN)c1. The minimum atomic E-state index is -0.175. The smallest absolute Gasteiger partial charge is 0.122 e. The lowest BCUT2D eigenvalue weighted by Crippen LogP contribution is -2.20. The molecule has 2 aromatic carbocycles. The van der Waals surface area contributed by atoms with Gasteiger partial charge in [-0.05, 0) is 73.2 Å². The molecule has 2 aliphatic heterocycles. The van der Waals surface area contributed by atoms with Crippen LogP contribution in [0.15, 0.2) is 36.4 Å². The van der Waals surface area contributed by atoms with Gasteiger partial charge in [0.25, 0.3) is 0 Å². The molecule has 4 N–H and O–H groups in total. The van der Waals surface area contributed by atoms with Crippen LogP contribution in [-0.2, 0) is 27.7 Å². The van der Waals surface area contributed by atoms with Crippen molar-refractivity contribution in [1.82, 2.24) is 0 Å². The second kappa shape index (κ2) is 10.9. The fourth-order valence-corrected chi connectivity index (χ4v) is 4.05. The van der Waals surface area contributed by atoms with Crippen molar-refractivity contribution >= 4 is 0 Å². The molecule has 4 rings (SSSR count). The zero-order chi connectivity index (χ0) is 23.3. The van der Waals surface area contributed by atoms with E-state index in [2.05, 4.69) is 50.2 Å². The summed E-state index contributed by atoms with van der Waals surface area (Å²) >= 11 is 0. The molecule has 180 valence electrons. The van der Waals surface area contributed by atoms with E-state index in [0.717, 1.165) is 50.4 Å². The van der Waals surface area contributed by atoms with Crippen molar-refractivity contribution in [1.29, 1.82) is 0 Å². The molecule has 6 nitrogen and oxygen atoms in total. The minimum absolute atomic E-state index is 0.175. The standard InChI is InChI=1S/C27H38N2O4/c1-27(2,21-7-9-25(32-17-23-15-30-23)19(13-21)5-3-11-28)22-8-10-26(33-18-24-16-31-24)20(14-22)6-4-12-29/h7-10,13-14,23-24H,3-6,11-12,15-18,28-29H2,1-2H3. The van der Waals surface area contributed by atoms with Crippen LogP contribution in [0, 0.1) is 0 Å². The second-order valence-electron chi connectivity index (χ2n) is 9.59. The van der Waals surface area contributed by atoms with Gasteiger partial charge in [0.05, 0.1) is 13.2 Å². The largest absolute Gasteiger partial charge is 0.491 e. The maximum atomic E-state index is 6.06. The van der Waals surface area contributed by atoms with Crippen molar-refractivity contribution < 1.29 is 18.9 Å². The summed E-state index contributed by atoms with van der Waals surface area (Å²) in [7, 11) is 0. The van der Waals surface area contributed by atoms with Crippen LogP contribution >= 0.6 is 0 Å². The maximum absolute atomic E-state index is 6.06. The Morgan fingerprint density at radius 1 is 0.788 bits per heavy atom. The average molecular weight is 455 g/mol. The van der Waals surface area contributed by atoms with Crippen LogP contribution in [0.4, 0.5) is 0 Å². The van der Waals surface area contributed by atoms with E-state index in [1.807, 2.05) is 0 Å². The number of epoxide rings is 2. The lowest BCUT2D eigenvalue weighted by molar-refractivity contribution is 0.260. The van der Waals surface area contributed by atoms with Crippen molar-refractivity contribution in [2.45, 2.75) is 57.2 Å². The molecule has 0 amide bonds. The number of hydrogen-bond acceptors (Lipinski definition) is 6. The third-order valence-electron chi connectivity index (χ3n) is 6.52. The van der Waals surface area contributed by atoms with E-state index in [1.165, 1.54) is 22.3 Å². The van der Waals surface area contributed by atoms with Gasteiger partial charge in [0.1, 0.15) is 36.9 Å². The van der Waals surface area contributed by atoms with Gasteiger partial charge in [0, 0.05) is 5.41 Å². The highest BCUT2D eigenvalue weighted by Crippen LogP contribution is 2.37. The number of hydrogen-bond donors (Lipinski definition) is 2. The van der Waals surface area contributed by atoms with Crippen LogP contribution in [-0.4, -0.2) is 51.7 Å². The van der Waals surface area contributed by atoms with Gasteiger partial charge in [-0.3, -0.25) is 0 Å². The van der Waals surface area contributed by atoms with E-state index in [4.69, 9.17) is 30.4 Å². The van der Waals surface area contributed by atoms with E-state index in [9.17, 15) is 0 Å². The summed E-state index contributed by atoms with van der Waals surface area (Å²) in [4.78, 5) is 0. The number of rotatable bonds is 14. The summed E-state index contributed by atoms with van der Waals surface area (Å²) in [6, 6.07) is 13.1. The van der Waals surface area contributed by atoms with Crippen LogP contribution in [0.25, 0.3) is 0 Å². The van der Waals surface area contributed by atoms with Crippen LogP contribution in [0.1, 0.15) is 48.9 Å². The van der Waals surface area contributed by atoms with E-state index >= 15 is 0 Å². The van der Waals surface area contributed by atoms with E-state index in [1.54, 1.807) is 0 Å². The highest BCUT2D eigenvalue weighted by Gasteiger charge is 2.28. The topological polar surface area (TPSA) is 95.6 Å². The van der Waals surface area contributed by atoms with Crippen LogP contribution in [0.2, 0.25) is 0 Å². The molecule has 0 spiro atoms. The van der Waals surface area contributed by atoms with Crippen LogP contribution < -0.4 is 20.9 Å². The average Bonchev–Trinajstić information content (AvgIpc) is 3.74. The Hall–Kier alpha value is -2.12. The molecule has 2 saturated heterocycles. The molecule has 0 aromatic heterocycles. The first-order valence-corrected chi connectivity index (χ1v) is 12.2. The lowest BCUT2D eigenvalue weighted by Gasteiger charge is -2.28. The Kier molecular flexibility index (Phi) is 7.91. The summed E-state index contributed by atoms with van der Waals surface area (Å²) < 4.78 is 22.7. The Morgan fingerprint density at radius 2 is 1.21 bits per heavy atom. The molecular weight excluding hydrogens is 416 g/mol. The molecule has 2 heterocycles. The van der Waals surface area contributed by atoms with Crippen molar-refractivity contribution in [2.24, 2.45) is 11.5 Å². The van der Waals surface area contributed by atoms with Crippen molar-refractivity contribution in [3.8, 4) is 11.5 Å². The zero-order valence-corrected chi connectivity index (χ0v) is 20.0. The molecule has 33 heavy (non-hydrogen) atoms. The molecule has 2 atom stereocenters. The zero-order valence-electron chi connectivity index (χ0n) is 20.0. The van der Waals surface area contributed by atoms with Gasteiger partial charge in [-0.2, -0.15) is 0 Å². The van der Waals surface area contributed by atoms with Crippen molar-refractivity contribution in [2.75, 3.05) is 39.5 Å².